The summed E-state index contributed by atoms with van der Waals surface area (Å²) in [6.45, 7) is 0.891. The largest absolute Gasteiger partial charge is 0.383 e. The van der Waals surface area contributed by atoms with Gasteiger partial charge in [0.1, 0.15) is 17.1 Å². The van der Waals surface area contributed by atoms with Crippen LogP contribution in [0.5, 0.6) is 0 Å². The summed E-state index contributed by atoms with van der Waals surface area (Å²) in [5.74, 6) is 0.249. The number of fused-ring (bicyclic) bond motifs is 4. The van der Waals surface area contributed by atoms with E-state index < -0.39 is 0 Å². The van der Waals surface area contributed by atoms with Crippen LogP contribution in [0.3, 0.4) is 0 Å². The highest BCUT2D eigenvalue weighted by atomic mass is 32.1. The lowest BCUT2D eigenvalue weighted by molar-refractivity contribution is -0.108. The van der Waals surface area contributed by atoms with Gasteiger partial charge in [-0.1, -0.05) is 12.1 Å². The van der Waals surface area contributed by atoms with Gasteiger partial charge in [-0.05, 0) is 36.8 Å². The Labute approximate surface area is 205 Å². The van der Waals surface area contributed by atoms with Gasteiger partial charge >= 0.3 is 0 Å². The van der Waals surface area contributed by atoms with Crippen LogP contribution >= 0.6 is 11.3 Å². The maximum Gasteiger partial charge on any atom is 0.268 e. The molecule has 3 heterocycles. The van der Waals surface area contributed by atoms with E-state index in [-0.39, 0.29) is 5.91 Å². The van der Waals surface area contributed by atoms with Crippen molar-refractivity contribution in [1.82, 2.24) is 29.8 Å². The molecule has 0 fully saturated rings. The maximum atomic E-state index is 13.8. The number of pyridine rings is 1. The molecule has 0 aliphatic heterocycles. The number of hydrogen-bond donors (Lipinski definition) is 1. The predicted octanol–water partition coefficient (Wildman–Crippen LogP) is 3.78. The zero-order chi connectivity index (χ0) is 24.5. The molecule has 1 amide bonds. The summed E-state index contributed by atoms with van der Waals surface area (Å²) >= 11 is 1.57. The van der Waals surface area contributed by atoms with Crippen LogP contribution in [0.15, 0.2) is 48.7 Å². The number of nitrogens with zero attached hydrogens (tertiary/aromatic N) is 6. The third kappa shape index (κ3) is 4.33. The Morgan fingerprint density at radius 3 is 2.77 bits per heavy atom. The summed E-state index contributed by atoms with van der Waals surface area (Å²) in [4.78, 5) is 33.9. The van der Waals surface area contributed by atoms with Crippen molar-refractivity contribution in [3.8, 4) is 0 Å². The number of rotatable bonds is 8. The predicted molar refractivity (Wildman–Crippen MR) is 138 cm³/mol. The minimum absolute atomic E-state index is 0.160. The van der Waals surface area contributed by atoms with Crippen LogP contribution in [-0.4, -0.2) is 55.6 Å². The fourth-order valence-corrected chi connectivity index (χ4v) is 5.18. The van der Waals surface area contributed by atoms with Crippen LogP contribution in [0.25, 0.3) is 32.0 Å². The molecule has 0 bridgehead atoms. The number of amides is 1. The van der Waals surface area contributed by atoms with Gasteiger partial charge in [0.15, 0.2) is 0 Å². The fraction of sp³-hybridized carbons (Fsp3) is 0.240. The molecule has 0 saturated heterocycles. The van der Waals surface area contributed by atoms with E-state index in [9.17, 15) is 9.59 Å². The molecule has 5 aromatic rings. The fourth-order valence-electron chi connectivity index (χ4n) is 4.23. The van der Waals surface area contributed by atoms with E-state index in [1.54, 1.807) is 33.3 Å². The smallest absolute Gasteiger partial charge is 0.268 e. The topological polar surface area (TPSA) is 110 Å². The summed E-state index contributed by atoms with van der Waals surface area (Å²) in [6, 6.07) is 13.4. The second-order valence-electron chi connectivity index (χ2n) is 8.39. The molecule has 35 heavy (non-hydrogen) atoms. The minimum atomic E-state index is -0.160. The number of para-hydroxylation sites is 1. The van der Waals surface area contributed by atoms with Gasteiger partial charge in [-0.15, -0.1) is 11.3 Å². The van der Waals surface area contributed by atoms with Gasteiger partial charge in [0.05, 0.1) is 39.4 Å². The number of anilines is 1. The van der Waals surface area contributed by atoms with E-state index in [4.69, 9.17) is 10.7 Å². The highest BCUT2D eigenvalue weighted by Gasteiger charge is 2.23. The number of carbonyl (C=O) groups excluding carboxylic acids is 2. The van der Waals surface area contributed by atoms with Crippen LogP contribution in [0.1, 0.15) is 28.2 Å². The Balaban J connectivity index is 1.53. The zero-order valence-corrected chi connectivity index (χ0v) is 20.3. The van der Waals surface area contributed by atoms with E-state index in [0.29, 0.717) is 42.8 Å². The van der Waals surface area contributed by atoms with Gasteiger partial charge in [0, 0.05) is 38.0 Å². The number of nitrogens with two attached hydrogens (primary N) is 1. The molecule has 0 spiro atoms. The van der Waals surface area contributed by atoms with E-state index >= 15 is 0 Å². The van der Waals surface area contributed by atoms with Crippen LogP contribution in [0.4, 0.5) is 5.82 Å². The van der Waals surface area contributed by atoms with Gasteiger partial charge in [-0.2, -0.15) is 5.10 Å². The second kappa shape index (κ2) is 9.40. The van der Waals surface area contributed by atoms with Crippen LogP contribution in [-0.2, 0) is 18.4 Å². The third-order valence-corrected chi connectivity index (χ3v) is 7.05. The summed E-state index contributed by atoms with van der Waals surface area (Å²) in [6.07, 6.45) is 3.68. The Morgan fingerprint density at radius 1 is 1.14 bits per heavy atom. The number of aryl methyl sites for hydroxylation is 1. The molecule has 5 rings (SSSR count). The monoisotopic (exact) mass is 487 g/mol. The highest BCUT2D eigenvalue weighted by molar-refractivity contribution is 7.18. The zero-order valence-electron chi connectivity index (χ0n) is 19.5. The van der Waals surface area contributed by atoms with Crippen molar-refractivity contribution < 1.29 is 9.59 Å². The molecule has 0 radical (unpaired) electrons. The number of benzene rings is 2. The average Bonchev–Trinajstić information content (AvgIpc) is 3.45. The molecular formula is C25H25N7O2S. The Hall–Kier alpha value is -3.89. The molecule has 0 unspecified atom stereocenters. The molecule has 2 N–H and O–H groups in total. The molecule has 0 atom stereocenters. The lowest BCUT2D eigenvalue weighted by Gasteiger charge is -2.31. The number of hydrazine groups is 1. The first-order chi connectivity index (χ1) is 17.0. The summed E-state index contributed by atoms with van der Waals surface area (Å²) in [7, 11) is 3.70. The van der Waals surface area contributed by atoms with E-state index in [1.165, 1.54) is 0 Å². The average molecular weight is 488 g/mol. The van der Waals surface area contributed by atoms with Crippen molar-refractivity contribution in [3.63, 3.8) is 0 Å². The lowest BCUT2D eigenvalue weighted by Crippen LogP contribution is -2.44. The van der Waals surface area contributed by atoms with Gasteiger partial charge < -0.3 is 10.5 Å². The Morgan fingerprint density at radius 2 is 1.97 bits per heavy atom. The van der Waals surface area contributed by atoms with Crippen molar-refractivity contribution in [2.75, 3.05) is 19.3 Å². The Kier molecular flexibility index (Phi) is 6.14. The first kappa shape index (κ1) is 22.9. The molecule has 2 aromatic carbocycles. The Bertz CT molecular complexity index is 1530. The highest BCUT2D eigenvalue weighted by Crippen LogP contribution is 2.29. The molecular weight excluding hydrogens is 462 g/mol. The third-order valence-electron chi connectivity index (χ3n) is 6.03. The van der Waals surface area contributed by atoms with Crippen molar-refractivity contribution in [1.29, 1.82) is 0 Å². The van der Waals surface area contributed by atoms with Gasteiger partial charge in [-0.25, -0.2) is 15.0 Å². The number of aromatic nitrogens is 4. The van der Waals surface area contributed by atoms with Crippen molar-refractivity contribution >= 4 is 61.4 Å². The summed E-state index contributed by atoms with van der Waals surface area (Å²) in [5, 5.41) is 10.3. The van der Waals surface area contributed by atoms with E-state index in [0.717, 1.165) is 37.8 Å². The van der Waals surface area contributed by atoms with E-state index in [2.05, 4.69) is 10.1 Å². The first-order valence-corrected chi connectivity index (χ1v) is 12.1. The standard InChI is InChI=1S/C25H25N7O2S/c1-30(11-5-6-12-33)32(15-22-28-20-7-3-4-8-21(20)35-22)25(34)16-9-10-19-17(13-16)23-18(24(26)29-19)14-27-31(23)2/h3-4,7-10,12-14H,5-6,11,15H2,1-2H3,(H2,26,29). The molecule has 0 aliphatic carbocycles. The van der Waals surface area contributed by atoms with Crippen molar-refractivity contribution in [3.05, 3.63) is 59.2 Å². The van der Waals surface area contributed by atoms with Crippen LogP contribution < -0.4 is 5.73 Å². The number of hydrogen-bond acceptors (Lipinski definition) is 8. The summed E-state index contributed by atoms with van der Waals surface area (Å²) < 4.78 is 2.82. The summed E-state index contributed by atoms with van der Waals surface area (Å²) in [5.41, 5.74) is 9.09. The second-order valence-corrected chi connectivity index (χ2v) is 9.50. The first-order valence-electron chi connectivity index (χ1n) is 11.3. The SMILES string of the molecule is CN(CCCC=O)N(Cc1nc2ccccc2s1)C(=O)c1ccc2nc(N)c3cnn(C)c3c2c1. The molecule has 10 heteroatoms. The van der Waals surface area contributed by atoms with Gasteiger partial charge in [0.25, 0.3) is 5.91 Å². The number of thiazole rings is 1. The van der Waals surface area contributed by atoms with Crippen molar-refractivity contribution in [2.24, 2.45) is 7.05 Å². The van der Waals surface area contributed by atoms with E-state index in [1.807, 2.05) is 55.5 Å². The van der Waals surface area contributed by atoms with Crippen LogP contribution in [0.2, 0.25) is 0 Å². The minimum Gasteiger partial charge on any atom is -0.383 e. The molecule has 178 valence electrons. The molecule has 0 aliphatic rings. The van der Waals surface area contributed by atoms with Gasteiger partial charge in [0.2, 0.25) is 0 Å². The number of aldehydes is 1. The van der Waals surface area contributed by atoms with Gasteiger partial charge in [-0.3, -0.25) is 14.5 Å². The molecule has 3 aromatic heterocycles. The van der Waals surface area contributed by atoms with Crippen molar-refractivity contribution in [2.45, 2.75) is 19.4 Å². The van der Waals surface area contributed by atoms with Crippen LogP contribution in [0, 0.1) is 0 Å². The quantitative estimate of drug-likeness (QED) is 0.201. The molecule has 9 nitrogen and oxygen atoms in total. The lowest BCUT2D eigenvalue weighted by atomic mass is 10.1. The molecule has 0 saturated carbocycles. The number of carbonyl (C=O) groups is 2. The maximum absolute atomic E-state index is 13.8. The number of unbranched alkanes of at least 4 members (excludes halogenated alkanes) is 1. The normalized spacial score (nSPS) is 11.6. The number of nitrogen functional groups attached to an aromatic ring is 1.